The van der Waals surface area contributed by atoms with Crippen LogP contribution in [0, 0.1) is 5.92 Å². The molecule has 2 N–H and O–H groups in total. The zero-order valence-corrected chi connectivity index (χ0v) is 5.87. The van der Waals surface area contributed by atoms with Gasteiger partial charge in [0.05, 0.1) is 0 Å². The highest BCUT2D eigenvalue weighted by molar-refractivity contribution is 6.01. The highest BCUT2D eigenvalue weighted by Crippen LogP contribution is 1.98. The van der Waals surface area contributed by atoms with Gasteiger partial charge in [0.1, 0.15) is 0 Å². The van der Waals surface area contributed by atoms with Crippen molar-refractivity contribution in [2.45, 2.75) is 20.0 Å². The lowest BCUT2D eigenvalue weighted by atomic mass is 10.0. The van der Waals surface area contributed by atoms with Crippen LogP contribution < -0.4 is 0 Å². The van der Waals surface area contributed by atoms with Crippen LogP contribution in [0.15, 0.2) is 0 Å². The van der Waals surface area contributed by atoms with Crippen molar-refractivity contribution in [3.05, 3.63) is 0 Å². The van der Waals surface area contributed by atoms with Gasteiger partial charge in [-0.25, -0.2) is 4.79 Å². The van der Waals surface area contributed by atoms with E-state index in [1.165, 1.54) is 13.8 Å². The van der Waals surface area contributed by atoms with Gasteiger partial charge in [0, 0.05) is 5.92 Å². The average Bonchev–Trinajstić information content (AvgIpc) is 1.84. The summed E-state index contributed by atoms with van der Waals surface area (Å²) in [6.45, 7) is 3.07. The Hall–Kier alpha value is -0.900. The maximum atomic E-state index is 10.7. The zero-order chi connectivity index (χ0) is 8.31. The van der Waals surface area contributed by atoms with Crippen molar-refractivity contribution in [2.24, 2.45) is 5.92 Å². The molecule has 0 saturated carbocycles. The highest BCUT2D eigenvalue weighted by Gasteiger charge is 2.24. The van der Waals surface area contributed by atoms with E-state index in [-0.39, 0.29) is 0 Å². The fraction of sp³-hybridized carbons (Fsp3) is 0.667. The lowest BCUT2D eigenvalue weighted by Gasteiger charge is -2.05. The first-order valence-electron chi connectivity index (χ1n) is 2.91. The molecule has 0 bridgehead atoms. The largest absolute Gasteiger partial charge is 0.479 e. The van der Waals surface area contributed by atoms with Gasteiger partial charge in [-0.3, -0.25) is 4.79 Å². The van der Waals surface area contributed by atoms with E-state index in [1.807, 2.05) is 0 Å². The first-order valence-corrected chi connectivity index (χ1v) is 2.91. The summed E-state index contributed by atoms with van der Waals surface area (Å²) in [6.07, 6.45) is -1.86. The molecule has 1 atom stereocenters. The normalized spacial score (nSPS) is 13.2. The molecule has 0 fully saturated rings. The quantitative estimate of drug-likeness (QED) is 0.534. The van der Waals surface area contributed by atoms with Crippen LogP contribution in [0.3, 0.4) is 0 Å². The summed E-state index contributed by atoms with van der Waals surface area (Å²) in [5.41, 5.74) is 0. The maximum absolute atomic E-state index is 10.7. The molecule has 0 aliphatic rings. The standard InChI is InChI=1S/C6H10O4/c1-3(2)4(7)5(8)6(9)10/h3,5,8H,1-2H3,(H,9,10). The Morgan fingerprint density at radius 3 is 1.80 bits per heavy atom. The summed E-state index contributed by atoms with van der Waals surface area (Å²) in [6, 6.07) is 0. The Balaban J connectivity index is 4.08. The number of carbonyl (C=O) groups is 2. The van der Waals surface area contributed by atoms with Gasteiger partial charge in [-0.1, -0.05) is 13.8 Å². The Morgan fingerprint density at radius 2 is 1.70 bits per heavy atom. The van der Waals surface area contributed by atoms with Crippen LogP contribution in [0.4, 0.5) is 0 Å². The van der Waals surface area contributed by atoms with E-state index in [2.05, 4.69) is 0 Å². The SMILES string of the molecule is CC(C)C(=O)C(O)C(=O)O. The smallest absolute Gasteiger partial charge is 0.340 e. The van der Waals surface area contributed by atoms with Crippen molar-refractivity contribution in [2.75, 3.05) is 0 Å². The number of hydrogen-bond donors (Lipinski definition) is 2. The van der Waals surface area contributed by atoms with Crippen LogP contribution in [0.1, 0.15) is 13.8 Å². The Bertz CT molecular complexity index is 150. The third-order valence-corrected chi connectivity index (χ3v) is 1.07. The van der Waals surface area contributed by atoms with Crippen LogP contribution >= 0.6 is 0 Å². The molecule has 0 spiro atoms. The number of ketones is 1. The summed E-state index contributed by atoms with van der Waals surface area (Å²) in [4.78, 5) is 20.6. The fourth-order valence-corrected chi connectivity index (χ4v) is 0.437. The second-order valence-corrected chi connectivity index (χ2v) is 2.30. The number of carbonyl (C=O) groups excluding carboxylic acids is 1. The molecule has 0 amide bonds. The van der Waals surface area contributed by atoms with Crippen molar-refractivity contribution in [3.8, 4) is 0 Å². The van der Waals surface area contributed by atoms with E-state index in [9.17, 15) is 9.59 Å². The van der Waals surface area contributed by atoms with Crippen molar-refractivity contribution in [1.29, 1.82) is 0 Å². The van der Waals surface area contributed by atoms with E-state index in [0.29, 0.717) is 0 Å². The minimum absolute atomic E-state index is 0.439. The lowest BCUT2D eigenvalue weighted by Crippen LogP contribution is -2.32. The van der Waals surface area contributed by atoms with Gasteiger partial charge in [0.25, 0.3) is 0 Å². The van der Waals surface area contributed by atoms with Gasteiger partial charge >= 0.3 is 5.97 Å². The number of Topliss-reactive ketones (excluding diaryl/α,β-unsaturated/α-hetero) is 1. The molecule has 0 heterocycles. The monoisotopic (exact) mass is 146 g/mol. The lowest BCUT2D eigenvalue weighted by molar-refractivity contribution is -0.153. The molecular formula is C6H10O4. The molecule has 0 saturated heterocycles. The molecule has 0 aromatic heterocycles. The summed E-state index contributed by atoms with van der Waals surface area (Å²) in [7, 11) is 0. The van der Waals surface area contributed by atoms with Gasteiger partial charge in [0.15, 0.2) is 5.78 Å². The summed E-state index contributed by atoms with van der Waals surface area (Å²) >= 11 is 0. The molecule has 0 aromatic rings. The van der Waals surface area contributed by atoms with Crippen molar-refractivity contribution >= 4 is 11.8 Å². The van der Waals surface area contributed by atoms with Gasteiger partial charge in [-0.05, 0) is 0 Å². The minimum atomic E-state index is -1.86. The van der Waals surface area contributed by atoms with E-state index in [1.54, 1.807) is 0 Å². The molecule has 0 rings (SSSR count). The Kier molecular flexibility index (Phi) is 3.02. The number of rotatable bonds is 3. The minimum Gasteiger partial charge on any atom is -0.479 e. The average molecular weight is 146 g/mol. The molecule has 4 nitrogen and oxygen atoms in total. The van der Waals surface area contributed by atoms with Crippen molar-refractivity contribution in [1.82, 2.24) is 0 Å². The molecule has 0 aromatic carbocycles. The maximum Gasteiger partial charge on any atom is 0.340 e. The second-order valence-electron chi connectivity index (χ2n) is 2.30. The molecule has 0 radical (unpaired) electrons. The van der Waals surface area contributed by atoms with Crippen LogP contribution in [0.5, 0.6) is 0 Å². The van der Waals surface area contributed by atoms with E-state index >= 15 is 0 Å². The Morgan fingerprint density at radius 1 is 1.30 bits per heavy atom. The van der Waals surface area contributed by atoms with Gasteiger partial charge in [0.2, 0.25) is 6.10 Å². The predicted molar refractivity (Wildman–Crippen MR) is 33.5 cm³/mol. The molecule has 58 valence electrons. The summed E-state index contributed by atoms with van der Waals surface area (Å²) in [5.74, 6) is -2.59. The number of aliphatic hydroxyl groups is 1. The third-order valence-electron chi connectivity index (χ3n) is 1.07. The molecule has 4 heteroatoms. The van der Waals surface area contributed by atoms with Crippen LogP contribution in [0.2, 0.25) is 0 Å². The zero-order valence-electron chi connectivity index (χ0n) is 5.87. The van der Waals surface area contributed by atoms with Gasteiger partial charge in [-0.2, -0.15) is 0 Å². The molecule has 1 unspecified atom stereocenters. The van der Waals surface area contributed by atoms with E-state index < -0.39 is 23.8 Å². The van der Waals surface area contributed by atoms with Crippen molar-refractivity contribution < 1.29 is 19.8 Å². The summed E-state index contributed by atoms with van der Waals surface area (Å²) in [5, 5.41) is 16.7. The fourth-order valence-electron chi connectivity index (χ4n) is 0.437. The summed E-state index contributed by atoms with van der Waals surface area (Å²) < 4.78 is 0. The molecular weight excluding hydrogens is 136 g/mol. The second kappa shape index (κ2) is 3.31. The number of hydrogen-bond acceptors (Lipinski definition) is 3. The third kappa shape index (κ3) is 2.14. The van der Waals surface area contributed by atoms with Crippen LogP contribution in [-0.4, -0.2) is 28.1 Å². The Labute approximate surface area is 58.5 Å². The predicted octanol–water partition coefficient (Wildman–Crippen LogP) is -0.343. The van der Waals surface area contributed by atoms with E-state index in [4.69, 9.17) is 10.2 Å². The first kappa shape index (κ1) is 9.10. The number of aliphatic hydroxyl groups excluding tert-OH is 1. The topological polar surface area (TPSA) is 74.6 Å². The van der Waals surface area contributed by atoms with Gasteiger partial charge < -0.3 is 10.2 Å². The van der Waals surface area contributed by atoms with Crippen molar-refractivity contribution in [3.63, 3.8) is 0 Å². The van der Waals surface area contributed by atoms with Crippen LogP contribution in [0.25, 0.3) is 0 Å². The van der Waals surface area contributed by atoms with Crippen LogP contribution in [-0.2, 0) is 9.59 Å². The van der Waals surface area contributed by atoms with E-state index in [0.717, 1.165) is 0 Å². The van der Waals surface area contributed by atoms with Gasteiger partial charge in [-0.15, -0.1) is 0 Å². The highest BCUT2D eigenvalue weighted by atomic mass is 16.4. The molecule has 0 aliphatic heterocycles. The molecule has 10 heavy (non-hydrogen) atoms. The number of carboxylic acid groups (broad SMARTS) is 1. The first-order chi connectivity index (χ1) is 4.46. The molecule has 0 aliphatic carbocycles. The number of carboxylic acids is 1. The number of aliphatic carboxylic acids is 1.